The summed E-state index contributed by atoms with van der Waals surface area (Å²) in [5.74, 6) is -2.86. The number of carbonyl (C=O) groups is 4. The summed E-state index contributed by atoms with van der Waals surface area (Å²) in [6.07, 6.45) is 4.26. The van der Waals surface area contributed by atoms with E-state index in [1.165, 1.54) is 24.2 Å². The number of nitrogens with zero attached hydrogens (tertiary/aromatic N) is 1. The molecule has 6 rings (SSSR count). The van der Waals surface area contributed by atoms with Crippen molar-refractivity contribution >= 4 is 23.4 Å². The molecule has 2 aromatic carbocycles. The van der Waals surface area contributed by atoms with Crippen molar-refractivity contribution in [2.24, 2.45) is 17.8 Å². The van der Waals surface area contributed by atoms with Gasteiger partial charge in [0.1, 0.15) is 17.2 Å². The number of allylic oxidation sites excluding steroid dienone is 6. The number of amides is 2. The van der Waals surface area contributed by atoms with E-state index in [1.54, 1.807) is 43.3 Å². The van der Waals surface area contributed by atoms with Crippen molar-refractivity contribution < 1.29 is 34.1 Å². The molecule has 4 atom stereocenters. The standard InChI is InChI=1S/C32H29NO7/c1-16-13-25(35)24-15-23-20(27(29(24)30(16)37)21-8-7-19(40-2)14-26(21)36)9-10-22-28(23)32(39)33(31(22)38)12-11-17-3-5-18(34)6-4-17/h3-9,13-14,22-23,27-28,34,36H,10-12,15H2,1-2H3. The smallest absolute Gasteiger partial charge is 0.233 e. The van der Waals surface area contributed by atoms with Gasteiger partial charge in [0.2, 0.25) is 11.8 Å². The van der Waals surface area contributed by atoms with E-state index in [1.807, 2.05) is 6.08 Å². The number of ketones is 2. The first kappa shape index (κ1) is 25.8. The zero-order valence-electron chi connectivity index (χ0n) is 22.2. The number of benzene rings is 2. The molecule has 4 aliphatic rings. The number of imide groups is 1. The number of Topliss-reactive ketones (excluding diaryl/α,β-unsaturated/α-hetero) is 1. The number of likely N-dealkylation sites (tertiary alicyclic amines) is 1. The molecule has 40 heavy (non-hydrogen) atoms. The van der Waals surface area contributed by atoms with Gasteiger partial charge in [-0.1, -0.05) is 29.8 Å². The van der Waals surface area contributed by atoms with Crippen molar-refractivity contribution in [3.63, 3.8) is 0 Å². The molecule has 1 heterocycles. The molecule has 2 amide bonds. The molecule has 2 N–H and O–H groups in total. The Balaban J connectivity index is 1.39. The lowest BCUT2D eigenvalue weighted by Crippen LogP contribution is -2.40. The Hall–Kier alpha value is -4.46. The van der Waals surface area contributed by atoms with Gasteiger partial charge in [0, 0.05) is 40.8 Å². The van der Waals surface area contributed by atoms with E-state index < -0.39 is 23.7 Å². The summed E-state index contributed by atoms with van der Waals surface area (Å²) < 4.78 is 5.24. The molecule has 1 aliphatic heterocycles. The molecule has 0 aromatic heterocycles. The van der Waals surface area contributed by atoms with Crippen LogP contribution < -0.4 is 4.74 Å². The van der Waals surface area contributed by atoms with Crippen LogP contribution in [0.4, 0.5) is 0 Å². The summed E-state index contributed by atoms with van der Waals surface area (Å²) in [5, 5.41) is 20.6. The lowest BCUT2D eigenvalue weighted by atomic mass is 9.59. The second kappa shape index (κ2) is 9.62. The topological polar surface area (TPSA) is 121 Å². The molecule has 204 valence electrons. The number of aromatic hydroxyl groups is 2. The van der Waals surface area contributed by atoms with E-state index in [-0.39, 0.29) is 47.8 Å². The number of carbonyl (C=O) groups excluding carboxylic acids is 4. The molecule has 0 spiro atoms. The molecule has 1 fully saturated rings. The van der Waals surface area contributed by atoms with Crippen LogP contribution in [0.2, 0.25) is 0 Å². The van der Waals surface area contributed by atoms with Gasteiger partial charge in [-0.05, 0) is 61.9 Å². The highest BCUT2D eigenvalue weighted by Gasteiger charge is 2.56. The van der Waals surface area contributed by atoms with E-state index >= 15 is 0 Å². The molecule has 0 radical (unpaired) electrons. The van der Waals surface area contributed by atoms with Crippen LogP contribution in [0.1, 0.15) is 36.8 Å². The van der Waals surface area contributed by atoms with Crippen molar-refractivity contribution in [1.82, 2.24) is 4.90 Å². The Labute approximate surface area is 231 Å². The maximum absolute atomic E-state index is 13.8. The fourth-order valence-corrected chi connectivity index (χ4v) is 6.80. The van der Waals surface area contributed by atoms with Gasteiger partial charge >= 0.3 is 0 Å². The van der Waals surface area contributed by atoms with Crippen LogP contribution in [0.5, 0.6) is 17.2 Å². The normalized spacial score (nSPS) is 25.8. The van der Waals surface area contributed by atoms with Gasteiger partial charge in [-0.15, -0.1) is 0 Å². The SMILES string of the molecule is COc1ccc(C2C3=CCC4C(=O)N(CCc5ccc(O)cc5)C(=O)C4C3CC3=C2C(=O)C(C)=CC3=O)c(O)c1. The van der Waals surface area contributed by atoms with Gasteiger partial charge in [0.15, 0.2) is 11.6 Å². The Bertz CT molecular complexity index is 1560. The molecule has 2 aromatic rings. The van der Waals surface area contributed by atoms with Crippen LogP contribution in [-0.4, -0.2) is 52.1 Å². The van der Waals surface area contributed by atoms with Gasteiger partial charge in [0.05, 0.1) is 18.9 Å². The summed E-state index contributed by atoms with van der Waals surface area (Å²) in [5.41, 5.74) is 3.16. The van der Waals surface area contributed by atoms with E-state index in [2.05, 4.69) is 0 Å². The van der Waals surface area contributed by atoms with E-state index in [0.29, 0.717) is 40.9 Å². The summed E-state index contributed by atoms with van der Waals surface area (Å²) in [6.45, 7) is 1.82. The Morgan fingerprint density at radius 2 is 1.73 bits per heavy atom. The van der Waals surface area contributed by atoms with E-state index in [0.717, 1.165) is 11.1 Å². The monoisotopic (exact) mass is 539 g/mol. The third-order valence-electron chi connectivity index (χ3n) is 8.77. The van der Waals surface area contributed by atoms with Crippen LogP contribution in [0, 0.1) is 17.8 Å². The molecule has 0 saturated carbocycles. The number of hydrogen-bond acceptors (Lipinski definition) is 7. The number of ether oxygens (including phenoxy) is 1. The van der Waals surface area contributed by atoms with Crippen LogP contribution in [0.3, 0.4) is 0 Å². The Morgan fingerprint density at radius 3 is 2.42 bits per heavy atom. The summed E-state index contributed by atoms with van der Waals surface area (Å²) in [4.78, 5) is 55.3. The summed E-state index contributed by atoms with van der Waals surface area (Å²) in [7, 11) is 1.49. The zero-order valence-corrected chi connectivity index (χ0v) is 22.2. The number of hydrogen-bond donors (Lipinski definition) is 2. The number of phenols is 2. The molecule has 3 aliphatic carbocycles. The highest BCUT2D eigenvalue weighted by atomic mass is 16.5. The molecule has 0 bridgehead atoms. The molecule has 8 heteroatoms. The average Bonchev–Trinajstić information content (AvgIpc) is 3.19. The molecule has 8 nitrogen and oxygen atoms in total. The first-order valence-electron chi connectivity index (χ1n) is 13.4. The maximum Gasteiger partial charge on any atom is 0.233 e. The van der Waals surface area contributed by atoms with Gasteiger partial charge in [-0.25, -0.2) is 0 Å². The van der Waals surface area contributed by atoms with Crippen molar-refractivity contribution in [3.05, 3.63) is 88.0 Å². The minimum absolute atomic E-state index is 0.0725. The van der Waals surface area contributed by atoms with Gasteiger partial charge in [-0.3, -0.25) is 24.1 Å². The second-order valence-corrected chi connectivity index (χ2v) is 10.9. The zero-order chi connectivity index (χ0) is 28.3. The third-order valence-corrected chi connectivity index (χ3v) is 8.77. The predicted molar refractivity (Wildman–Crippen MR) is 145 cm³/mol. The Morgan fingerprint density at radius 1 is 0.975 bits per heavy atom. The van der Waals surface area contributed by atoms with Crippen molar-refractivity contribution in [2.45, 2.75) is 32.1 Å². The average molecular weight is 540 g/mol. The summed E-state index contributed by atoms with van der Waals surface area (Å²) >= 11 is 0. The minimum atomic E-state index is -0.713. The highest BCUT2D eigenvalue weighted by molar-refractivity contribution is 6.24. The van der Waals surface area contributed by atoms with Gasteiger partial charge < -0.3 is 14.9 Å². The fraction of sp³-hybridized carbons (Fsp3) is 0.312. The number of phenolic OH excluding ortho intramolecular Hbond substituents is 2. The van der Waals surface area contributed by atoms with Crippen LogP contribution >= 0.6 is 0 Å². The van der Waals surface area contributed by atoms with E-state index in [9.17, 15) is 29.4 Å². The minimum Gasteiger partial charge on any atom is -0.508 e. The molecular formula is C32H29NO7. The highest BCUT2D eigenvalue weighted by Crippen LogP contribution is 2.56. The Kier molecular flexibility index (Phi) is 6.21. The summed E-state index contributed by atoms with van der Waals surface area (Å²) in [6, 6.07) is 11.5. The maximum atomic E-state index is 13.8. The number of methoxy groups -OCH3 is 1. The molecular weight excluding hydrogens is 510 g/mol. The first-order valence-corrected chi connectivity index (χ1v) is 13.4. The third kappa shape index (κ3) is 3.97. The molecule has 1 saturated heterocycles. The largest absolute Gasteiger partial charge is 0.508 e. The van der Waals surface area contributed by atoms with E-state index in [4.69, 9.17) is 4.74 Å². The van der Waals surface area contributed by atoms with Gasteiger partial charge in [-0.2, -0.15) is 0 Å². The second-order valence-electron chi connectivity index (χ2n) is 10.9. The van der Waals surface area contributed by atoms with Crippen molar-refractivity contribution in [3.8, 4) is 17.2 Å². The van der Waals surface area contributed by atoms with Gasteiger partial charge in [0.25, 0.3) is 0 Å². The number of fused-ring (bicyclic) bond motifs is 3. The lowest BCUT2D eigenvalue weighted by molar-refractivity contribution is -0.140. The quantitative estimate of drug-likeness (QED) is 0.337. The fourth-order valence-electron chi connectivity index (χ4n) is 6.80. The van der Waals surface area contributed by atoms with Crippen molar-refractivity contribution in [2.75, 3.05) is 13.7 Å². The van der Waals surface area contributed by atoms with Crippen LogP contribution in [0.25, 0.3) is 0 Å². The first-order chi connectivity index (χ1) is 19.2. The number of rotatable bonds is 5. The molecule has 4 unspecified atom stereocenters. The lowest BCUT2D eigenvalue weighted by Gasteiger charge is -2.42. The predicted octanol–water partition coefficient (Wildman–Crippen LogP) is 3.78. The van der Waals surface area contributed by atoms with Crippen LogP contribution in [0.15, 0.2) is 76.9 Å². The van der Waals surface area contributed by atoms with Crippen LogP contribution in [-0.2, 0) is 25.6 Å². The van der Waals surface area contributed by atoms with Crippen molar-refractivity contribution in [1.29, 1.82) is 0 Å².